The van der Waals surface area contributed by atoms with Gasteiger partial charge in [-0.1, -0.05) is 11.6 Å². The highest BCUT2D eigenvalue weighted by atomic mass is 35.5. The van der Waals surface area contributed by atoms with Gasteiger partial charge in [0.15, 0.2) is 0 Å². The van der Waals surface area contributed by atoms with Crippen molar-refractivity contribution in [2.45, 2.75) is 44.4 Å². The Kier molecular flexibility index (Phi) is 4.24. The number of nitrogens with zero attached hydrogens (tertiary/aromatic N) is 3. The number of carbonyl (C=O) groups is 1. The summed E-state index contributed by atoms with van der Waals surface area (Å²) in [5.41, 5.74) is 0.807. The first kappa shape index (κ1) is 15.6. The Morgan fingerprint density at radius 3 is 2.67 bits per heavy atom. The highest BCUT2D eigenvalue weighted by Crippen LogP contribution is 2.31. The van der Waals surface area contributed by atoms with Crippen molar-refractivity contribution in [3.63, 3.8) is 0 Å². The van der Waals surface area contributed by atoms with Crippen molar-refractivity contribution in [1.29, 1.82) is 0 Å². The zero-order valence-electron chi connectivity index (χ0n) is 13.2. The third kappa shape index (κ3) is 3.30. The van der Waals surface area contributed by atoms with Gasteiger partial charge in [0.05, 0.1) is 6.54 Å². The summed E-state index contributed by atoms with van der Waals surface area (Å²) < 4.78 is 11.3. The number of hydrogen-bond acceptors (Lipinski definition) is 5. The molecule has 1 aliphatic heterocycles. The first-order valence-electron chi connectivity index (χ1n) is 8.21. The van der Waals surface area contributed by atoms with E-state index in [0.717, 1.165) is 31.2 Å². The quantitative estimate of drug-likeness (QED) is 0.831. The van der Waals surface area contributed by atoms with Gasteiger partial charge >= 0.3 is 0 Å². The van der Waals surface area contributed by atoms with Gasteiger partial charge in [0.25, 0.3) is 5.91 Å². The van der Waals surface area contributed by atoms with Crippen LogP contribution in [0.5, 0.6) is 0 Å². The van der Waals surface area contributed by atoms with Crippen LogP contribution in [0.1, 0.15) is 31.6 Å². The lowest BCUT2D eigenvalue weighted by Gasteiger charge is -2.23. The van der Waals surface area contributed by atoms with Crippen LogP contribution in [-0.2, 0) is 16.1 Å². The lowest BCUT2D eigenvalue weighted by Crippen LogP contribution is -2.40. The Bertz CT molecular complexity index is 721. The Labute approximate surface area is 144 Å². The first-order valence-corrected chi connectivity index (χ1v) is 8.59. The molecule has 4 rings (SSSR count). The number of carbonyl (C=O) groups excluding carboxylic acids is 1. The van der Waals surface area contributed by atoms with Crippen LogP contribution in [0.3, 0.4) is 0 Å². The molecule has 1 atom stereocenters. The monoisotopic (exact) mass is 347 g/mol. The number of rotatable bonds is 5. The van der Waals surface area contributed by atoms with Gasteiger partial charge < -0.3 is 14.1 Å². The van der Waals surface area contributed by atoms with Crippen LogP contribution < -0.4 is 0 Å². The Morgan fingerprint density at radius 2 is 2.00 bits per heavy atom. The summed E-state index contributed by atoms with van der Waals surface area (Å²) in [6.07, 6.45) is 3.47. The van der Waals surface area contributed by atoms with E-state index in [1.54, 1.807) is 12.1 Å². The molecule has 1 aromatic carbocycles. The predicted octanol–water partition coefficient (Wildman–Crippen LogP) is 3.06. The molecule has 2 heterocycles. The summed E-state index contributed by atoms with van der Waals surface area (Å²) in [5, 5.41) is 8.82. The van der Waals surface area contributed by atoms with Gasteiger partial charge in [-0.2, -0.15) is 0 Å². The van der Waals surface area contributed by atoms with E-state index in [1.807, 2.05) is 17.0 Å². The topological polar surface area (TPSA) is 68.5 Å². The molecule has 1 amide bonds. The zero-order chi connectivity index (χ0) is 16.5. The van der Waals surface area contributed by atoms with Crippen molar-refractivity contribution < 1.29 is 13.9 Å². The smallest absolute Gasteiger partial charge is 0.252 e. The molecule has 1 aliphatic carbocycles. The molecular weight excluding hydrogens is 330 g/mol. The molecule has 2 aliphatic rings. The summed E-state index contributed by atoms with van der Waals surface area (Å²) in [4.78, 5) is 14.5. The number of ether oxygens (including phenoxy) is 1. The summed E-state index contributed by atoms with van der Waals surface area (Å²) >= 11 is 5.89. The summed E-state index contributed by atoms with van der Waals surface area (Å²) in [7, 11) is 0. The number of aromatic nitrogens is 2. The predicted molar refractivity (Wildman–Crippen MR) is 87.3 cm³/mol. The van der Waals surface area contributed by atoms with E-state index in [9.17, 15) is 4.79 Å². The number of benzene rings is 1. The van der Waals surface area contributed by atoms with Crippen molar-refractivity contribution >= 4 is 17.5 Å². The van der Waals surface area contributed by atoms with Crippen LogP contribution in [0.15, 0.2) is 28.7 Å². The maximum atomic E-state index is 12.6. The number of halogens is 1. The molecule has 1 aromatic heterocycles. The molecule has 0 radical (unpaired) electrons. The van der Waals surface area contributed by atoms with Crippen molar-refractivity contribution in [2.75, 3.05) is 6.61 Å². The van der Waals surface area contributed by atoms with E-state index in [-0.39, 0.29) is 18.1 Å². The second-order valence-electron chi connectivity index (χ2n) is 6.21. The standard InChI is InChI=1S/C17H18ClN3O3/c18-12-5-3-11(4-6-12)16-20-19-15(24-16)10-21(13-7-8-13)17(22)14-2-1-9-23-14/h3-6,13-14H,1-2,7-10H2. The second-order valence-corrected chi connectivity index (χ2v) is 6.64. The number of hydrogen-bond donors (Lipinski definition) is 0. The first-order chi connectivity index (χ1) is 11.7. The highest BCUT2D eigenvalue weighted by molar-refractivity contribution is 6.30. The van der Waals surface area contributed by atoms with E-state index in [4.69, 9.17) is 20.8 Å². The van der Waals surface area contributed by atoms with Gasteiger partial charge in [0.2, 0.25) is 11.8 Å². The van der Waals surface area contributed by atoms with Crippen LogP contribution >= 0.6 is 11.6 Å². The van der Waals surface area contributed by atoms with Crippen molar-refractivity contribution in [3.8, 4) is 11.5 Å². The molecule has 1 saturated heterocycles. The van der Waals surface area contributed by atoms with E-state index < -0.39 is 0 Å². The van der Waals surface area contributed by atoms with Crippen LogP contribution in [0.4, 0.5) is 0 Å². The molecule has 1 unspecified atom stereocenters. The minimum absolute atomic E-state index is 0.0428. The molecule has 1 saturated carbocycles. The zero-order valence-corrected chi connectivity index (χ0v) is 13.9. The maximum Gasteiger partial charge on any atom is 0.252 e. The van der Waals surface area contributed by atoms with Gasteiger partial charge in [-0.3, -0.25) is 4.79 Å². The Morgan fingerprint density at radius 1 is 1.21 bits per heavy atom. The summed E-state index contributed by atoms with van der Waals surface area (Å²) in [5.74, 6) is 0.918. The maximum absolute atomic E-state index is 12.6. The fourth-order valence-electron chi connectivity index (χ4n) is 2.90. The molecule has 126 valence electrons. The fourth-order valence-corrected chi connectivity index (χ4v) is 3.03. The van der Waals surface area contributed by atoms with Crippen molar-refractivity contribution in [1.82, 2.24) is 15.1 Å². The second kappa shape index (κ2) is 6.53. The average molecular weight is 348 g/mol. The molecular formula is C17H18ClN3O3. The number of amides is 1. The van der Waals surface area contributed by atoms with E-state index in [1.165, 1.54) is 0 Å². The lowest BCUT2D eigenvalue weighted by molar-refractivity contribution is -0.142. The van der Waals surface area contributed by atoms with Crippen LogP contribution in [0.25, 0.3) is 11.5 Å². The van der Waals surface area contributed by atoms with Crippen molar-refractivity contribution in [3.05, 3.63) is 35.2 Å². The van der Waals surface area contributed by atoms with Crippen LogP contribution in [0.2, 0.25) is 5.02 Å². The fraction of sp³-hybridized carbons (Fsp3) is 0.471. The van der Waals surface area contributed by atoms with Gasteiger partial charge in [0.1, 0.15) is 6.10 Å². The normalized spacial score (nSPS) is 20.3. The van der Waals surface area contributed by atoms with Gasteiger partial charge in [-0.25, -0.2) is 0 Å². The lowest BCUT2D eigenvalue weighted by atomic mass is 10.2. The molecule has 7 heteroatoms. The third-order valence-electron chi connectivity index (χ3n) is 4.34. The molecule has 24 heavy (non-hydrogen) atoms. The van der Waals surface area contributed by atoms with Gasteiger partial charge in [0, 0.05) is 23.2 Å². The van der Waals surface area contributed by atoms with E-state index >= 15 is 0 Å². The minimum Gasteiger partial charge on any atom is -0.419 e. The Balaban J connectivity index is 1.49. The highest BCUT2D eigenvalue weighted by Gasteiger charge is 2.38. The van der Waals surface area contributed by atoms with E-state index in [0.29, 0.717) is 30.0 Å². The molecule has 2 fully saturated rings. The average Bonchev–Trinajstić information content (AvgIpc) is 3.10. The largest absolute Gasteiger partial charge is 0.419 e. The Hall–Kier alpha value is -1.92. The third-order valence-corrected chi connectivity index (χ3v) is 4.59. The molecule has 0 spiro atoms. The van der Waals surface area contributed by atoms with Crippen LogP contribution in [-0.4, -0.2) is 39.8 Å². The van der Waals surface area contributed by atoms with Crippen LogP contribution in [0, 0.1) is 0 Å². The summed E-state index contributed by atoms with van der Waals surface area (Å²) in [6.45, 7) is 1.00. The van der Waals surface area contributed by atoms with Crippen molar-refractivity contribution in [2.24, 2.45) is 0 Å². The molecule has 0 bridgehead atoms. The minimum atomic E-state index is -0.316. The van der Waals surface area contributed by atoms with E-state index in [2.05, 4.69) is 10.2 Å². The molecule has 2 aromatic rings. The SMILES string of the molecule is O=C(C1CCCO1)N(Cc1nnc(-c2ccc(Cl)cc2)o1)C1CC1. The molecule has 6 nitrogen and oxygen atoms in total. The summed E-state index contributed by atoms with van der Waals surface area (Å²) in [6, 6.07) is 7.48. The van der Waals surface area contributed by atoms with Gasteiger partial charge in [-0.15, -0.1) is 10.2 Å². The molecule has 0 N–H and O–H groups in total. The van der Waals surface area contributed by atoms with Gasteiger partial charge in [-0.05, 0) is 49.9 Å².